The average molecular weight is 201 g/mol. The summed E-state index contributed by atoms with van der Waals surface area (Å²) in [6, 6.07) is 3.59. The highest BCUT2D eigenvalue weighted by atomic mass is 19.2. The smallest absolute Gasteiger partial charge is 0.159 e. The van der Waals surface area contributed by atoms with E-state index in [0.717, 1.165) is 12.1 Å². The van der Waals surface area contributed by atoms with Crippen LogP contribution in [-0.4, -0.2) is 18.8 Å². The second-order valence-corrected chi connectivity index (χ2v) is 3.37. The van der Waals surface area contributed by atoms with Crippen molar-refractivity contribution in [3.63, 3.8) is 0 Å². The second kappa shape index (κ2) is 4.02. The largest absolute Gasteiger partial charge is 0.394 e. The van der Waals surface area contributed by atoms with E-state index in [2.05, 4.69) is 5.32 Å². The van der Waals surface area contributed by atoms with Gasteiger partial charge in [-0.3, -0.25) is 0 Å². The molecule has 0 fully saturated rings. The fraction of sp³-hybridized carbons (Fsp3) is 0.400. The number of halogens is 2. The minimum atomic E-state index is -0.905. The van der Waals surface area contributed by atoms with Crippen LogP contribution in [0, 0.1) is 11.6 Å². The maximum Gasteiger partial charge on any atom is 0.159 e. The number of nitrogens with one attached hydrogen (secondary N) is 1. The Morgan fingerprint density at radius 1 is 1.36 bits per heavy atom. The molecule has 0 saturated carbocycles. The van der Waals surface area contributed by atoms with E-state index in [4.69, 9.17) is 5.11 Å². The third-order valence-corrected chi connectivity index (χ3v) is 2.42. The van der Waals surface area contributed by atoms with Gasteiger partial charge in [-0.15, -0.1) is 0 Å². The first-order chi connectivity index (χ1) is 6.53. The number of hydrogen-bond acceptors (Lipinski definition) is 2. The van der Waals surface area contributed by atoms with E-state index < -0.39 is 17.2 Å². The lowest BCUT2D eigenvalue weighted by Gasteiger charge is -2.27. The molecule has 0 aromatic heterocycles. The van der Waals surface area contributed by atoms with Crippen LogP contribution in [0.2, 0.25) is 0 Å². The van der Waals surface area contributed by atoms with Crippen LogP contribution in [-0.2, 0) is 5.54 Å². The van der Waals surface area contributed by atoms with Crippen molar-refractivity contribution in [1.29, 1.82) is 0 Å². The molecule has 2 N–H and O–H groups in total. The second-order valence-electron chi connectivity index (χ2n) is 3.37. The van der Waals surface area contributed by atoms with Crippen molar-refractivity contribution in [1.82, 2.24) is 5.32 Å². The fourth-order valence-electron chi connectivity index (χ4n) is 1.15. The third-order valence-electron chi connectivity index (χ3n) is 2.42. The lowest BCUT2D eigenvalue weighted by Crippen LogP contribution is -2.40. The molecule has 0 heterocycles. The van der Waals surface area contributed by atoms with E-state index in [1.165, 1.54) is 6.07 Å². The van der Waals surface area contributed by atoms with Crippen LogP contribution in [0.3, 0.4) is 0 Å². The zero-order chi connectivity index (χ0) is 10.8. The Morgan fingerprint density at radius 2 is 2.00 bits per heavy atom. The first kappa shape index (κ1) is 11.1. The summed E-state index contributed by atoms with van der Waals surface area (Å²) in [4.78, 5) is 0. The fourth-order valence-corrected chi connectivity index (χ4v) is 1.15. The minimum absolute atomic E-state index is 0.186. The first-order valence-electron chi connectivity index (χ1n) is 4.29. The standard InChI is InChI=1S/C10H13F2NO/c1-10(6-14,13-2)7-3-4-8(11)9(12)5-7/h3-5,13-14H,6H2,1-2H3. The van der Waals surface area contributed by atoms with E-state index in [1.807, 2.05) is 0 Å². The molecular formula is C10H13F2NO. The molecular weight excluding hydrogens is 188 g/mol. The van der Waals surface area contributed by atoms with Gasteiger partial charge in [0, 0.05) is 0 Å². The van der Waals surface area contributed by atoms with Gasteiger partial charge in [0.2, 0.25) is 0 Å². The Labute approximate surface area is 81.6 Å². The summed E-state index contributed by atoms with van der Waals surface area (Å²) in [7, 11) is 1.65. The molecule has 0 aliphatic heterocycles. The summed E-state index contributed by atoms with van der Waals surface area (Å²) in [5, 5.41) is 12.0. The van der Waals surface area contributed by atoms with Gasteiger partial charge in [0.15, 0.2) is 11.6 Å². The van der Waals surface area contributed by atoms with Gasteiger partial charge in [0.25, 0.3) is 0 Å². The van der Waals surface area contributed by atoms with Crippen LogP contribution < -0.4 is 5.32 Å². The van der Waals surface area contributed by atoms with Crippen LogP contribution in [0.4, 0.5) is 8.78 Å². The molecule has 2 nitrogen and oxygen atoms in total. The monoisotopic (exact) mass is 201 g/mol. The van der Waals surface area contributed by atoms with Gasteiger partial charge in [-0.2, -0.15) is 0 Å². The van der Waals surface area contributed by atoms with E-state index in [9.17, 15) is 8.78 Å². The Balaban J connectivity index is 3.12. The van der Waals surface area contributed by atoms with Crippen LogP contribution in [0.25, 0.3) is 0 Å². The van der Waals surface area contributed by atoms with E-state index in [0.29, 0.717) is 5.56 Å². The number of likely N-dealkylation sites (N-methyl/N-ethyl adjacent to an activating group) is 1. The summed E-state index contributed by atoms with van der Waals surface area (Å²) in [6.07, 6.45) is 0. The van der Waals surface area contributed by atoms with Gasteiger partial charge in [-0.05, 0) is 31.7 Å². The van der Waals surface area contributed by atoms with Gasteiger partial charge in [-0.1, -0.05) is 6.07 Å². The van der Waals surface area contributed by atoms with Crippen LogP contribution in [0.1, 0.15) is 12.5 Å². The zero-order valence-corrected chi connectivity index (χ0v) is 8.14. The molecule has 0 radical (unpaired) electrons. The highest BCUT2D eigenvalue weighted by molar-refractivity contribution is 5.25. The number of benzene rings is 1. The Kier molecular flexibility index (Phi) is 3.18. The topological polar surface area (TPSA) is 32.3 Å². The van der Waals surface area contributed by atoms with Crippen molar-refractivity contribution in [2.24, 2.45) is 0 Å². The SMILES string of the molecule is CNC(C)(CO)c1ccc(F)c(F)c1. The molecule has 0 amide bonds. The van der Waals surface area contributed by atoms with Gasteiger partial charge in [0.05, 0.1) is 12.1 Å². The van der Waals surface area contributed by atoms with Crippen LogP contribution in [0.15, 0.2) is 18.2 Å². The molecule has 0 bridgehead atoms. The van der Waals surface area contributed by atoms with Crippen LogP contribution >= 0.6 is 0 Å². The Hall–Kier alpha value is -1.00. The van der Waals surface area contributed by atoms with Crippen molar-refractivity contribution in [3.05, 3.63) is 35.4 Å². The molecule has 0 saturated heterocycles. The van der Waals surface area contributed by atoms with E-state index in [-0.39, 0.29) is 6.61 Å². The normalized spacial score (nSPS) is 15.2. The summed E-state index contributed by atoms with van der Waals surface area (Å²) >= 11 is 0. The van der Waals surface area contributed by atoms with Crippen molar-refractivity contribution in [2.75, 3.05) is 13.7 Å². The van der Waals surface area contributed by atoms with Gasteiger partial charge < -0.3 is 10.4 Å². The van der Waals surface area contributed by atoms with Crippen molar-refractivity contribution in [2.45, 2.75) is 12.5 Å². The van der Waals surface area contributed by atoms with Crippen molar-refractivity contribution >= 4 is 0 Å². The molecule has 1 unspecified atom stereocenters. The quantitative estimate of drug-likeness (QED) is 0.774. The molecule has 4 heteroatoms. The maximum atomic E-state index is 12.9. The van der Waals surface area contributed by atoms with Crippen molar-refractivity contribution < 1.29 is 13.9 Å². The molecule has 1 atom stereocenters. The third kappa shape index (κ3) is 1.91. The molecule has 78 valence electrons. The molecule has 1 rings (SSSR count). The van der Waals surface area contributed by atoms with E-state index >= 15 is 0 Å². The average Bonchev–Trinajstić information content (AvgIpc) is 2.21. The predicted octanol–water partition coefficient (Wildman–Crippen LogP) is 1.39. The maximum absolute atomic E-state index is 12.9. The Bertz CT molecular complexity index is 324. The molecule has 0 aliphatic rings. The predicted molar refractivity (Wildman–Crippen MR) is 49.9 cm³/mol. The van der Waals surface area contributed by atoms with Gasteiger partial charge in [-0.25, -0.2) is 8.78 Å². The summed E-state index contributed by atoms with van der Waals surface area (Å²) in [6.45, 7) is 1.52. The summed E-state index contributed by atoms with van der Waals surface area (Å²) in [5.74, 6) is -1.79. The minimum Gasteiger partial charge on any atom is -0.394 e. The number of hydrogen-bond donors (Lipinski definition) is 2. The van der Waals surface area contributed by atoms with Gasteiger partial charge in [0.1, 0.15) is 0 Å². The molecule has 1 aromatic rings. The van der Waals surface area contributed by atoms with Crippen LogP contribution in [0.5, 0.6) is 0 Å². The summed E-state index contributed by atoms with van der Waals surface area (Å²) in [5.41, 5.74) is -0.226. The highest BCUT2D eigenvalue weighted by Crippen LogP contribution is 2.21. The highest BCUT2D eigenvalue weighted by Gasteiger charge is 2.24. The number of aliphatic hydroxyl groups is 1. The first-order valence-corrected chi connectivity index (χ1v) is 4.29. The molecule has 0 aliphatic carbocycles. The lowest BCUT2D eigenvalue weighted by atomic mass is 9.93. The lowest BCUT2D eigenvalue weighted by molar-refractivity contribution is 0.183. The number of rotatable bonds is 3. The Morgan fingerprint density at radius 3 is 2.43 bits per heavy atom. The van der Waals surface area contributed by atoms with Crippen molar-refractivity contribution in [3.8, 4) is 0 Å². The number of aliphatic hydroxyl groups excluding tert-OH is 1. The zero-order valence-electron chi connectivity index (χ0n) is 8.14. The molecule has 1 aromatic carbocycles. The molecule has 14 heavy (non-hydrogen) atoms. The van der Waals surface area contributed by atoms with E-state index in [1.54, 1.807) is 14.0 Å². The summed E-state index contributed by atoms with van der Waals surface area (Å²) < 4.78 is 25.5. The van der Waals surface area contributed by atoms with Gasteiger partial charge >= 0.3 is 0 Å². The molecule has 0 spiro atoms.